The number of anilines is 1. The second kappa shape index (κ2) is 8.27. The Hall–Kier alpha value is -2.46. The van der Waals surface area contributed by atoms with Crippen molar-refractivity contribution < 1.29 is 35.8 Å². The summed E-state index contributed by atoms with van der Waals surface area (Å²) in [7, 11) is -4.12. The van der Waals surface area contributed by atoms with Crippen LogP contribution in [0.5, 0.6) is 11.5 Å². The normalized spacial score (nSPS) is 17.3. The monoisotopic (exact) mass is 417 g/mol. The van der Waals surface area contributed by atoms with E-state index in [1.54, 1.807) is 12.1 Å². The molecule has 0 aromatic heterocycles. The lowest BCUT2D eigenvalue weighted by Gasteiger charge is -2.14. The van der Waals surface area contributed by atoms with E-state index in [-0.39, 0.29) is 16.7 Å². The summed E-state index contributed by atoms with van der Waals surface area (Å²) in [6.45, 7) is 1.05. The van der Waals surface area contributed by atoms with E-state index in [1.165, 1.54) is 18.2 Å². The van der Waals surface area contributed by atoms with Crippen molar-refractivity contribution in [3.05, 3.63) is 48.5 Å². The van der Waals surface area contributed by atoms with E-state index < -0.39 is 22.1 Å². The third kappa shape index (κ3) is 5.77. The Bertz CT molecular complexity index is 911. The predicted octanol–water partition coefficient (Wildman–Crippen LogP) is 3.94. The van der Waals surface area contributed by atoms with Gasteiger partial charge in [-0.15, -0.1) is 13.2 Å². The van der Waals surface area contributed by atoms with Crippen LogP contribution in [-0.4, -0.2) is 34.1 Å². The molecule has 2 aromatic rings. The average molecular weight is 417 g/mol. The number of hydrogen-bond acceptors (Lipinski definition) is 5. The van der Waals surface area contributed by atoms with Gasteiger partial charge < -0.3 is 14.2 Å². The molecular formula is C18H18F3NO5S. The zero-order chi connectivity index (χ0) is 20.2. The highest BCUT2D eigenvalue weighted by Gasteiger charge is 2.31. The van der Waals surface area contributed by atoms with Crippen LogP contribution in [0.1, 0.15) is 12.8 Å². The predicted molar refractivity (Wildman–Crippen MR) is 94.8 cm³/mol. The zero-order valence-electron chi connectivity index (χ0n) is 14.6. The minimum absolute atomic E-state index is 0.0109. The van der Waals surface area contributed by atoms with Crippen molar-refractivity contribution >= 4 is 15.7 Å². The molecule has 0 aliphatic carbocycles. The molecular weight excluding hydrogens is 399 g/mol. The second-order valence-corrected chi connectivity index (χ2v) is 7.78. The first kappa shape index (κ1) is 20.3. The van der Waals surface area contributed by atoms with Crippen LogP contribution < -0.4 is 14.2 Å². The molecule has 0 saturated carbocycles. The molecule has 1 saturated heterocycles. The maximum absolute atomic E-state index is 12.5. The minimum Gasteiger partial charge on any atom is -0.491 e. The first-order valence-corrected chi connectivity index (χ1v) is 9.93. The Morgan fingerprint density at radius 1 is 1.11 bits per heavy atom. The Morgan fingerprint density at radius 2 is 1.86 bits per heavy atom. The summed E-state index contributed by atoms with van der Waals surface area (Å²) >= 11 is 0. The number of benzene rings is 2. The van der Waals surface area contributed by atoms with Crippen LogP contribution in [0.2, 0.25) is 0 Å². The molecule has 10 heteroatoms. The summed E-state index contributed by atoms with van der Waals surface area (Å²) in [6.07, 6.45) is -3.02. The molecule has 0 radical (unpaired) electrons. The van der Waals surface area contributed by atoms with E-state index in [0.29, 0.717) is 19.0 Å². The number of sulfonamides is 1. The van der Waals surface area contributed by atoms with Gasteiger partial charge >= 0.3 is 6.36 Å². The number of hydrogen-bond donors (Lipinski definition) is 1. The van der Waals surface area contributed by atoms with E-state index in [0.717, 1.165) is 31.0 Å². The lowest BCUT2D eigenvalue weighted by Crippen LogP contribution is -2.18. The molecule has 2 aromatic carbocycles. The summed E-state index contributed by atoms with van der Waals surface area (Å²) in [5, 5.41) is 0. The van der Waals surface area contributed by atoms with Gasteiger partial charge in [0.2, 0.25) is 0 Å². The molecule has 3 rings (SSSR count). The lowest BCUT2D eigenvalue weighted by molar-refractivity contribution is -0.274. The SMILES string of the molecule is O=S(=O)(Nc1cccc(OC[C@@H]2CCCO2)c1)c1cccc(OC(F)(F)F)c1. The summed E-state index contributed by atoms with van der Waals surface area (Å²) in [4.78, 5) is -0.361. The highest BCUT2D eigenvalue weighted by Crippen LogP contribution is 2.27. The third-order valence-corrected chi connectivity index (χ3v) is 5.27. The van der Waals surface area contributed by atoms with E-state index in [2.05, 4.69) is 9.46 Å². The van der Waals surface area contributed by atoms with Crippen LogP contribution in [0, 0.1) is 0 Å². The van der Waals surface area contributed by atoms with Gasteiger partial charge in [-0.3, -0.25) is 4.72 Å². The van der Waals surface area contributed by atoms with Gasteiger partial charge in [0, 0.05) is 18.7 Å². The molecule has 152 valence electrons. The highest BCUT2D eigenvalue weighted by molar-refractivity contribution is 7.92. The van der Waals surface area contributed by atoms with Crippen LogP contribution in [0.4, 0.5) is 18.9 Å². The zero-order valence-corrected chi connectivity index (χ0v) is 15.4. The molecule has 0 unspecified atom stereocenters. The van der Waals surface area contributed by atoms with E-state index >= 15 is 0 Å². The Kier molecular flexibility index (Phi) is 5.99. The number of alkyl halides is 3. The summed E-state index contributed by atoms with van der Waals surface area (Å²) in [5.41, 5.74) is 0.215. The summed E-state index contributed by atoms with van der Waals surface area (Å²) in [6, 6.07) is 10.4. The summed E-state index contributed by atoms with van der Waals surface area (Å²) < 4.78 is 79.1. The third-order valence-electron chi connectivity index (χ3n) is 3.90. The van der Waals surface area contributed by atoms with Crippen molar-refractivity contribution in [1.82, 2.24) is 0 Å². The molecule has 1 aliphatic heterocycles. The molecule has 0 bridgehead atoms. The van der Waals surface area contributed by atoms with Gasteiger partial charge in [-0.05, 0) is 37.1 Å². The fourth-order valence-corrected chi connectivity index (χ4v) is 3.75. The van der Waals surface area contributed by atoms with E-state index in [9.17, 15) is 21.6 Å². The van der Waals surface area contributed by atoms with E-state index in [4.69, 9.17) is 9.47 Å². The lowest BCUT2D eigenvalue weighted by atomic mass is 10.2. The Morgan fingerprint density at radius 3 is 2.57 bits per heavy atom. The topological polar surface area (TPSA) is 73.9 Å². The van der Waals surface area contributed by atoms with Crippen LogP contribution >= 0.6 is 0 Å². The van der Waals surface area contributed by atoms with Gasteiger partial charge in [-0.1, -0.05) is 12.1 Å². The van der Waals surface area contributed by atoms with Crippen LogP contribution in [-0.2, 0) is 14.8 Å². The van der Waals surface area contributed by atoms with Gasteiger partial charge in [0.1, 0.15) is 18.1 Å². The molecule has 1 fully saturated rings. The highest BCUT2D eigenvalue weighted by atomic mass is 32.2. The average Bonchev–Trinajstić information content (AvgIpc) is 3.12. The standard InChI is InChI=1S/C18H18F3NO5S/c19-18(20,21)27-15-6-2-8-17(11-15)28(23,24)22-13-4-1-5-14(10-13)26-12-16-7-3-9-25-16/h1-2,4-6,8,10-11,16,22H,3,7,9,12H2/t16-/m0/s1. The fraction of sp³-hybridized carbons (Fsp3) is 0.333. The molecule has 1 heterocycles. The molecule has 0 amide bonds. The molecule has 1 atom stereocenters. The second-order valence-electron chi connectivity index (χ2n) is 6.10. The van der Waals surface area contributed by atoms with Crippen LogP contribution in [0.25, 0.3) is 0 Å². The quantitative estimate of drug-likeness (QED) is 0.739. The number of ether oxygens (including phenoxy) is 3. The van der Waals surface area contributed by atoms with Crippen LogP contribution in [0.3, 0.4) is 0 Å². The first-order valence-electron chi connectivity index (χ1n) is 8.44. The molecule has 6 nitrogen and oxygen atoms in total. The Balaban J connectivity index is 1.70. The Labute approximate surface area is 160 Å². The summed E-state index contributed by atoms with van der Waals surface area (Å²) in [5.74, 6) is -0.172. The first-order chi connectivity index (χ1) is 13.2. The van der Waals surface area contributed by atoms with Crippen molar-refractivity contribution in [3.63, 3.8) is 0 Å². The van der Waals surface area contributed by atoms with Crippen molar-refractivity contribution in [2.75, 3.05) is 17.9 Å². The van der Waals surface area contributed by atoms with Gasteiger partial charge in [-0.25, -0.2) is 8.42 Å². The largest absolute Gasteiger partial charge is 0.573 e. The maximum Gasteiger partial charge on any atom is 0.573 e. The number of nitrogens with one attached hydrogen (secondary N) is 1. The van der Waals surface area contributed by atoms with Gasteiger partial charge in [0.25, 0.3) is 10.0 Å². The van der Waals surface area contributed by atoms with Crippen LogP contribution in [0.15, 0.2) is 53.4 Å². The van der Waals surface area contributed by atoms with E-state index in [1.807, 2.05) is 0 Å². The van der Waals surface area contributed by atoms with Crippen molar-refractivity contribution in [2.45, 2.75) is 30.2 Å². The fourth-order valence-electron chi connectivity index (χ4n) is 2.67. The number of halogens is 3. The smallest absolute Gasteiger partial charge is 0.491 e. The van der Waals surface area contributed by atoms with Crippen molar-refractivity contribution in [1.29, 1.82) is 0 Å². The number of rotatable bonds is 7. The molecule has 1 aliphatic rings. The minimum atomic E-state index is -4.91. The van der Waals surface area contributed by atoms with Gasteiger partial charge in [0.15, 0.2) is 0 Å². The van der Waals surface area contributed by atoms with Gasteiger partial charge in [-0.2, -0.15) is 0 Å². The molecule has 28 heavy (non-hydrogen) atoms. The molecule has 0 spiro atoms. The maximum atomic E-state index is 12.5. The van der Waals surface area contributed by atoms with Gasteiger partial charge in [0.05, 0.1) is 16.7 Å². The van der Waals surface area contributed by atoms with Crippen molar-refractivity contribution in [2.24, 2.45) is 0 Å². The van der Waals surface area contributed by atoms with Crippen molar-refractivity contribution in [3.8, 4) is 11.5 Å². The molecule has 1 N–H and O–H groups in total.